The number of aryl methyl sites for hydroxylation is 1. The van der Waals surface area contributed by atoms with Crippen molar-refractivity contribution in [2.45, 2.75) is 51.2 Å². The van der Waals surface area contributed by atoms with Gasteiger partial charge < -0.3 is 10.2 Å². The second-order valence-corrected chi connectivity index (χ2v) is 11.6. The zero-order valence-electron chi connectivity index (χ0n) is 21.7. The quantitative estimate of drug-likeness (QED) is 0.382. The lowest BCUT2D eigenvalue weighted by Crippen LogP contribution is -2.52. The van der Waals surface area contributed by atoms with Crippen molar-refractivity contribution < 1.29 is 22.4 Å². The Morgan fingerprint density at radius 1 is 0.974 bits per heavy atom. The highest BCUT2D eigenvalue weighted by molar-refractivity contribution is 7.92. The van der Waals surface area contributed by atoms with Crippen molar-refractivity contribution in [3.63, 3.8) is 0 Å². The van der Waals surface area contributed by atoms with Crippen LogP contribution in [0.15, 0.2) is 77.7 Å². The van der Waals surface area contributed by atoms with Gasteiger partial charge in [0.05, 0.1) is 10.6 Å². The average molecular weight is 560 g/mol. The SMILES string of the molecule is Cc1ccc(N(CC(=O)N(Cc2cccc(Cl)c2)[C@H](C)C(=O)NC(C)C)S(=O)(=O)c2ccc(F)cc2)cc1. The Hall–Kier alpha value is -3.43. The molecular formula is C28H31ClFN3O4S. The number of halogens is 2. The van der Waals surface area contributed by atoms with Gasteiger partial charge in [-0.15, -0.1) is 0 Å². The molecule has 202 valence electrons. The first kappa shape index (κ1) is 29.1. The van der Waals surface area contributed by atoms with Crippen molar-refractivity contribution in [1.29, 1.82) is 0 Å². The maximum atomic E-state index is 13.8. The highest BCUT2D eigenvalue weighted by Crippen LogP contribution is 2.25. The molecule has 3 rings (SSSR count). The Bertz CT molecular complexity index is 1380. The molecule has 0 bridgehead atoms. The number of rotatable bonds is 10. The maximum Gasteiger partial charge on any atom is 0.264 e. The second kappa shape index (κ2) is 12.4. The number of sulfonamides is 1. The predicted octanol–water partition coefficient (Wildman–Crippen LogP) is 4.92. The smallest absolute Gasteiger partial charge is 0.264 e. The van der Waals surface area contributed by atoms with Crippen LogP contribution in [0.1, 0.15) is 31.9 Å². The van der Waals surface area contributed by atoms with Gasteiger partial charge in [-0.3, -0.25) is 13.9 Å². The molecule has 0 aliphatic carbocycles. The van der Waals surface area contributed by atoms with Crippen molar-refractivity contribution in [3.8, 4) is 0 Å². The van der Waals surface area contributed by atoms with Gasteiger partial charge in [-0.25, -0.2) is 12.8 Å². The zero-order chi connectivity index (χ0) is 28.0. The van der Waals surface area contributed by atoms with Crippen LogP contribution in [0.5, 0.6) is 0 Å². The van der Waals surface area contributed by atoms with Gasteiger partial charge >= 0.3 is 0 Å². The summed E-state index contributed by atoms with van der Waals surface area (Å²) < 4.78 is 41.9. The number of hydrogen-bond acceptors (Lipinski definition) is 4. The van der Waals surface area contributed by atoms with Crippen LogP contribution in [0.4, 0.5) is 10.1 Å². The van der Waals surface area contributed by atoms with Crippen LogP contribution in [-0.4, -0.2) is 43.8 Å². The molecule has 0 aliphatic rings. The summed E-state index contributed by atoms with van der Waals surface area (Å²) in [6.07, 6.45) is 0. The lowest BCUT2D eigenvalue weighted by molar-refractivity contribution is -0.139. The van der Waals surface area contributed by atoms with Gasteiger partial charge in [-0.2, -0.15) is 0 Å². The molecule has 0 radical (unpaired) electrons. The van der Waals surface area contributed by atoms with Gasteiger partial charge in [0.25, 0.3) is 10.0 Å². The lowest BCUT2D eigenvalue weighted by atomic mass is 10.1. The van der Waals surface area contributed by atoms with E-state index in [2.05, 4.69) is 5.32 Å². The molecule has 0 saturated heterocycles. The van der Waals surface area contributed by atoms with E-state index in [1.165, 1.54) is 4.90 Å². The highest BCUT2D eigenvalue weighted by Gasteiger charge is 2.32. The van der Waals surface area contributed by atoms with Crippen molar-refractivity contribution in [3.05, 3.63) is 94.8 Å². The summed E-state index contributed by atoms with van der Waals surface area (Å²) in [5.74, 6) is -1.55. The number of nitrogens with one attached hydrogen (secondary N) is 1. The molecule has 10 heteroatoms. The van der Waals surface area contributed by atoms with E-state index in [9.17, 15) is 22.4 Å². The summed E-state index contributed by atoms with van der Waals surface area (Å²) in [5.41, 5.74) is 1.84. The minimum absolute atomic E-state index is 0.0322. The van der Waals surface area contributed by atoms with Crippen LogP contribution in [0.3, 0.4) is 0 Å². The van der Waals surface area contributed by atoms with Crippen molar-refractivity contribution in [2.24, 2.45) is 0 Å². The number of anilines is 1. The van der Waals surface area contributed by atoms with Crippen LogP contribution >= 0.6 is 11.6 Å². The van der Waals surface area contributed by atoms with Gasteiger partial charge in [0, 0.05) is 17.6 Å². The molecule has 3 aromatic carbocycles. The van der Waals surface area contributed by atoms with Crippen LogP contribution < -0.4 is 9.62 Å². The molecule has 0 unspecified atom stereocenters. The Kier molecular flexibility index (Phi) is 9.51. The minimum atomic E-state index is -4.26. The topological polar surface area (TPSA) is 86.8 Å². The summed E-state index contributed by atoms with van der Waals surface area (Å²) in [6, 6.07) is 16.9. The molecule has 1 atom stereocenters. The predicted molar refractivity (Wildman–Crippen MR) is 147 cm³/mol. The van der Waals surface area contributed by atoms with Crippen LogP contribution in [0.25, 0.3) is 0 Å². The van der Waals surface area contributed by atoms with Gasteiger partial charge in [0.1, 0.15) is 18.4 Å². The largest absolute Gasteiger partial charge is 0.352 e. The minimum Gasteiger partial charge on any atom is -0.352 e. The van der Waals surface area contributed by atoms with Gasteiger partial charge in [-0.1, -0.05) is 41.4 Å². The van der Waals surface area contributed by atoms with Gasteiger partial charge in [-0.05, 0) is 81.8 Å². The number of amides is 2. The third kappa shape index (κ3) is 7.33. The molecule has 0 spiro atoms. The first-order chi connectivity index (χ1) is 17.9. The summed E-state index contributed by atoms with van der Waals surface area (Å²) in [5, 5.41) is 3.27. The van der Waals surface area contributed by atoms with E-state index in [0.717, 1.165) is 34.1 Å². The molecule has 2 amide bonds. The molecule has 0 aliphatic heterocycles. The third-order valence-corrected chi connectivity index (χ3v) is 7.87. The van der Waals surface area contributed by atoms with E-state index < -0.39 is 34.3 Å². The number of benzene rings is 3. The Labute approximate surface area is 228 Å². The molecule has 0 saturated carbocycles. The third-order valence-electron chi connectivity index (χ3n) is 5.84. The molecule has 1 N–H and O–H groups in total. The van der Waals surface area contributed by atoms with Crippen LogP contribution in [-0.2, 0) is 26.2 Å². The Morgan fingerprint density at radius 2 is 1.61 bits per heavy atom. The zero-order valence-corrected chi connectivity index (χ0v) is 23.3. The monoisotopic (exact) mass is 559 g/mol. The average Bonchev–Trinajstić information content (AvgIpc) is 2.86. The first-order valence-electron chi connectivity index (χ1n) is 12.1. The van der Waals surface area contributed by atoms with Crippen molar-refractivity contribution >= 4 is 39.1 Å². The molecule has 3 aromatic rings. The summed E-state index contributed by atoms with van der Waals surface area (Å²) in [6.45, 7) is 6.51. The van der Waals surface area contributed by atoms with E-state index in [4.69, 9.17) is 11.6 Å². The van der Waals surface area contributed by atoms with Gasteiger partial charge in [0.2, 0.25) is 11.8 Å². The fraction of sp³-hybridized carbons (Fsp3) is 0.286. The second-order valence-electron chi connectivity index (χ2n) is 9.29. The van der Waals surface area contributed by atoms with E-state index in [1.54, 1.807) is 55.5 Å². The van der Waals surface area contributed by atoms with Crippen molar-refractivity contribution in [2.75, 3.05) is 10.8 Å². The Morgan fingerprint density at radius 3 is 2.18 bits per heavy atom. The normalized spacial score (nSPS) is 12.2. The number of nitrogens with zero attached hydrogens (tertiary/aromatic N) is 2. The number of carbonyl (C=O) groups is 2. The van der Waals surface area contributed by atoms with Crippen LogP contribution in [0, 0.1) is 12.7 Å². The van der Waals surface area contributed by atoms with E-state index in [1.807, 2.05) is 20.8 Å². The van der Waals surface area contributed by atoms with E-state index in [0.29, 0.717) is 10.6 Å². The molecule has 0 fully saturated rings. The molecule has 0 aromatic heterocycles. The summed E-state index contributed by atoms with van der Waals surface area (Å²) >= 11 is 6.14. The maximum absolute atomic E-state index is 13.8. The van der Waals surface area contributed by atoms with E-state index in [-0.39, 0.29) is 29.1 Å². The Balaban J connectivity index is 2.02. The van der Waals surface area contributed by atoms with Crippen LogP contribution in [0.2, 0.25) is 5.02 Å². The van der Waals surface area contributed by atoms with E-state index >= 15 is 0 Å². The first-order valence-corrected chi connectivity index (χ1v) is 13.9. The standard InChI is InChI=1S/C28H31ClFN3O4S/c1-19(2)31-28(35)21(4)32(17-22-6-5-7-23(29)16-22)27(34)18-33(25-12-8-20(3)9-13-25)38(36,37)26-14-10-24(30)11-15-26/h5-16,19,21H,17-18H2,1-4H3,(H,31,35)/t21-/m1/s1. The number of hydrogen-bond donors (Lipinski definition) is 1. The summed E-state index contributed by atoms with van der Waals surface area (Å²) in [7, 11) is -4.26. The lowest BCUT2D eigenvalue weighted by Gasteiger charge is -2.32. The van der Waals surface area contributed by atoms with Crippen molar-refractivity contribution in [1.82, 2.24) is 10.2 Å². The van der Waals surface area contributed by atoms with Gasteiger partial charge in [0.15, 0.2) is 0 Å². The summed E-state index contributed by atoms with van der Waals surface area (Å²) in [4.78, 5) is 27.9. The fourth-order valence-corrected chi connectivity index (χ4v) is 5.42. The highest BCUT2D eigenvalue weighted by atomic mass is 35.5. The molecule has 7 nitrogen and oxygen atoms in total. The molecule has 0 heterocycles. The number of carbonyl (C=O) groups excluding carboxylic acids is 2. The fourth-order valence-electron chi connectivity index (χ4n) is 3.79. The molecule has 38 heavy (non-hydrogen) atoms. The molecular weight excluding hydrogens is 529 g/mol.